The number of ether oxygens (including phenoxy) is 2. The molecule has 1 saturated heterocycles. The molecule has 1 aliphatic heterocycles. The number of carbonyl (C=O) groups excluding carboxylic acids is 3. The van der Waals surface area contributed by atoms with Gasteiger partial charge in [0.1, 0.15) is 5.78 Å². The number of hydrogen-bond donors (Lipinski definition) is 1. The largest absolute Gasteiger partial charge is 0.457 e. The number of aromatic nitrogens is 2. The minimum absolute atomic E-state index is 0.0761. The number of halogens is 1. The zero-order chi connectivity index (χ0) is 23.8. The molecule has 1 N–H and O–H groups in total. The van der Waals surface area contributed by atoms with Crippen LogP contribution in [0.25, 0.3) is 0 Å². The molecule has 1 aromatic heterocycles. The molecule has 2 heterocycles. The lowest BCUT2D eigenvalue weighted by atomic mass is 9.93. The van der Waals surface area contributed by atoms with Crippen molar-refractivity contribution in [3.05, 3.63) is 22.5 Å². The molecule has 1 fully saturated rings. The monoisotopic (exact) mass is 453 g/mol. The predicted molar refractivity (Wildman–Crippen MR) is 114 cm³/mol. The Hall–Kier alpha value is -2.62. The maximum Gasteiger partial charge on any atom is 0.351 e. The molecule has 0 unspecified atom stereocenters. The topological polar surface area (TPSA) is 117 Å². The van der Waals surface area contributed by atoms with Gasteiger partial charge >= 0.3 is 11.7 Å². The second-order valence-electron chi connectivity index (χ2n) is 8.22. The zero-order valence-corrected chi connectivity index (χ0v) is 19.1. The number of esters is 1. The fourth-order valence-electron chi connectivity index (χ4n) is 3.85. The SMILES string of the molecule is CCCCCCCC(=O)Nc1nc(=O)n([C@@H]2O[C@H](C)[C@@H](CC(C)=O)[C@H]2OC(C)=O)cc1F. The summed E-state index contributed by atoms with van der Waals surface area (Å²) in [6.45, 7) is 6.39. The van der Waals surface area contributed by atoms with Crippen LogP contribution in [0.2, 0.25) is 0 Å². The standard InChI is InChI=1S/C22H32FN3O6/c1-5-6-7-8-9-10-18(29)24-20-17(23)12-26(22(30)25-20)21-19(32-15(4)28)16(11-13(2)27)14(3)31-21/h12,14,16,19,21H,5-11H2,1-4H3,(H,24,25,29,30)/t14-,16-,19-,21-/m1/s1. The van der Waals surface area contributed by atoms with Crippen LogP contribution in [0.5, 0.6) is 0 Å². The Kier molecular flexibility index (Phi) is 9.49. The lowest BCUT2D eigenvalue weighted by Gasteiger charge is -2.23. The van der Waals surface area contributed by atoms with Crippen molar-refractivity contribution in [2.45, 2.75) is 91.1 Å². The van der Waals surface area contributed by atoms with Crippen molar-refractivity contribution in [1.82, 2.24) is 9.55 Å². The molecule has 2 rings (SSSR count). The van der Waals surface area contributed by atoms with Crippen LogP contribution in [0.15, 0.2) is 11.0 Å². The van der Waals surface area contributed by atoms with Crippen molar-refractivity contribution in [2.24, 2.45) is 5.92 Å². The van der Waals surface area contributed by atoms with E-state index in [-0.39, 0.29) is 18.6 Å². The Balaban J connectivity index is 2.17. The van der Waals surface area contributed by atoms with Crippen LogP contribution in [0.3, 0.4) is 0 Å². The van der Waals surface area contributed by atoms with E-state index in [0.29, 0.717) is 6.42 Å². The Morgan fingerprint density at radius 2 is 1.91 bits per heavy atom. The molecule has 0 bridgehead atoms. The second kappa shape index (κ2) is 11.8. The first-order valence-electron chi connectivity index (χ1n) is 11.0. The Labute approximate surface area is 186 Å². The summed E-state index contributed by atoms with van der Waals surface area (Å²) in [7, 11) is 0. The summed E-state index contributed by atoms with van der Waals surface area (Å²) >= 11 is 0. The Morgan fingerprint density at radius 3 is 2.53 bits per heavy atom. The van der Waals surface area contributed by atoms with Crippen LogP contribution in [0.1, 0.15) is 78.9 Å². The average Bonchev–Trinajstić information content (AvgIpc) is 2.98. The number of unbranched alkanes of at least 4 members (excludes halogenated alkanes) is 4. The summed E-state index contributed by atoms with van der Waals surface area (Å²) in [5, 5.41) is 2.34. The highest BCUT2D eigenvalue weighted by atomic mass is 19.1. The second-order valence-corrected chi connectivity index (χ2v) is 8.22. The summed E-state index contributed by atoms with van der Waals surface area (Å²) in [5.74, 6) is -3.04. The van der Waals surface area contributed by atoms with Gasteiger partial charge in [0.25, 0.3) is 0 Å². The minimum Gasteiger partial charge on any atom is -0.457 e. The molecular weight excluding hydrogens is 421 g/mol. The van der Waals surface area contributed by atoms with Crippen molar-refractivity contribution < 1.29 is 28.2 Å². The average molecular weight is 454 g/mol. The number of ketones is 1. The fourth-order valence-corrected chi connectivity index (χ4v) is 3.85. The molecule has 1 aromatic rings. The number of amides is 1. The summed E-state index contributed by atoms with van der Waals surface area (Å²) in [6.07, 6.45) is 3.31. The van der Waals surface area contributed by atoms with Crippen LogP contribution in [-0.4, -0.2) is 39.4 Å². The van der Waals surface area contributed by atoms with E-state index in [1.54, 1.807) is 6.92 Å². The van der Waals surface area contributed by atoms with Crippen molar-refractivity contribution in [1.29, 1.82) is 0 Å². The van der Waals surface area contributed by atoms with E-state index in [2.05, 4.69) is 17.2 Å². The molecule has 9 nitrogen and oxygen atoms in total. The molecule has 0 aromatic carbocycles. The van der Waals surface area contributed by atoms with E-state index in [0.717, 1.165) is 36.4 Å². The van der Waals surface area contributed by atoms with Crippen LogP contribution in [-0.2, 0) is 23.9 Å². The molecule has 4 atom stereocenters. The van der Waals surface area contributed by atoms with E-state index < -0.39 is 53.6 Å². The summed E-state index contributed by atoms with van der Waals surface area (Å²) in [4.78, 5) is 51.6. The van der Waals surface area contributed by atoms with Gasteiger partial charge in [0.15, 0.2) is 24.0 Å². The fraction of sp³-hybridized carbons (Fsp3) is 0.682. The van der Waals surface area contributed by atoms with Crippen molar-refractivity contribution in [3.8, 4) is 0 Å². The first-order valence-corrected chi connectivity index (χ1v) is 11.0. The number of anilines is 1. The van der Waals surface area contributed by atoms with E-state index in [4.69, 9.17) is 9.47 Å². The van der Waals surface area contributed by atoms with Gasteiger partial charge in [-0.25, -0.2) is 9.18 Å². The molecule has 1 aliphatic rings. The minimum atomic E-state index is -1.14. The third kappa shape index (κ3) is 6.94. The van der Waals surface area contributed by atoms with Gasteiger partial charge in [-0.1, -0.05) is 32.6 Å². The molecule has 178 valence electrons. The number of carbonyl (C=O) groups is 3. The third-order valence-corrected chi connectivity index (χ3v) is 5.43. The van der Waals surface area contributed by atoms with Crippen LogP contribution in [0.4, 0.5) is 10.2 Å². The maximum atomic E-state index is 14.7. The molecule has 0 saturated carbocycles. The highest BCUT2D eigenvalue weighted by Gasteiger charge is 2.46. The maximum absolute atomic E-state index is 14.7. The van der Waals surface area contributed by atoms with Crippen molar-refractivity contribution in [2.75, 3.05) is 5.32 Å². The normalized spacial score (nSPS) is 22.5. The molecule has 10 heteroatoms. The quantitative estimate of drug-likeness (QED) is 0.404. The molecule has 0 radical (unpaired) electrons. The van der Waals surface area contributed by atoms with Gasteiger partial charge in [-0.05, 0) is 20.3 Å². The molecule has 1 amide bonds. The van der Waals surface area contributed by atoms with Crippen molar-refractivity contribution in [3.63, 3.8) is 0 Å². The molecule has 0 aliphatic carbocycles. The lowest BCUT2D eigenvalue weighted by Crippen LogP contribution is -2.37. The number of nitrogens with zero attached hydrogens (tertiary/aromatic N) is 2. The Bertz CT molecular complexity index is 887. The van der Waals surface area contributed by atoms with Gasteiger partial charge in [0.2, 0.25) is 5.91 Å². The summed E-state index contributed by atoms with van der Waals surface area (Å²) in [6, 6.07) is 0. The van der Waals surface area contributed by atoms with Crippen LogP contribution >= 0.6 is 0 Å². The van der Waals surface area contributed by atoms with E-state index >= 15 is 0 Å². The smallest absolute Gasteiger partial charge is 0.351 e. The van der Waals surface area contributed by atoms with Gasteiger partial charge in [-0.15, -0.1) is 0 Å². The predicted octanol–water partition coefficient (Wildman–Crippen LogP) is 3.13. The number of Topliss-reactive ketones (excluding diaryl/α,β-unsaturated/α-hetero) is 1. The van der Waals surface area contributed by atoms with E-state index in [1.165, 1.54) is 13.8 Å². The van der Waals surface area contributed by atoms with Crippen molar-refractivity contribution >= 4 is 23.5 Å². The third-order valence-electron chi connectivity index (χ3n) is 5.43. The van der Waals surface area contributed by atoms with E-state index in [1.807, 2.05) is 0 Å². The van der Waals surface area contributed by atoms with Gasteiger partial charge in [0, 0.05) is 25.7 Å². The zero-order valence-electron chi connectivity index (χ0n) is 19.1. The Morgan fingerprint density at radius 1 is 1.22 bits per heavy atom. The molecule has 32 heavy (non-hydrogen) atoms. The van der Waals surface area contributed by atoms with Gasteiger partial charge in [-0.2, -0.15) is 4.98 Å². The first kappa shape index (κ1) is 25.6. The molecule has 0 spiro atoms. The van der Waals surface area contributed by atoms with Crippen LogP contribution in [0, 0.1) is 11.7 Å². The highest BCUT2D eigenvalue weighted by Crippen LogP contribution is 2.37. The number of hydrogen-bond acceptors (Lipinski definition) is 7. The van der Waals surface area contributed by atoms with Gasteiger partial charge in [-0.3, -0.25) is 14.2 Å². The van der Waals surface area contributed by atoms with Gasteiger partial charge < -0.3 is 19.6 Å². The van der Waals surface area contributed by atoms with Crippen LogP contribution < -0.4 is 11.0 Å². The summed E-state index contributed by atoms with van der Waals surface area (Å²) in [5.41, 5.74) is -0.873. The molecular formula is C22H32FN3O6. The summed E-state index contributed by atoms with van der Waals surface area (Å²) < 4.78 is 26.6. The van der Waals surface area contributed by atoms with Gasteiger partial charge in [0.05, 0.1) is 12.3 Å². The van der Waals surface area contributed by atoms with E-state index in [9.17, 15) is 23.6 Å². The first-order chi connectivity index (χ1) is 15.1. The number of rotatable bonds is 11. The highest BCUT2D eigenvalue weighted by molar-refractivity contribution is 5.89. The lowest BCUT2D eigenvalue weighted by molar-refractivity contribution is -0.154. The number of nitrogens with one attached hydrogen (secondary N) is 1.